The number of hydrogen-bond donors (Lipinski definition) is 0. The fraction of sp³-hybridized carbons (Fsp3) is 0.462. The van der Waals surface area contributed by atoms with E-state index in [9.17, 15) is 0 Å². The summed E-state index contributed by atoms with van der Waals surface area (Å²) >= 11 is 3.68. The minimum atomic E-state index is -1.91. The molecule has 6 heteroatoms. The van der Waals surface area contributed by atoms with Crippen LogP contribution in [-0.2, 0) is 0 Å². The van der Waals surface area contributed by atoms with E-state index in [-0.39, 0.29) is 10.1 Å². The van der Waals surface area contributed by atoms with Gasteiger partial charge in [0.15, 0.2) is 0 Å². The third-order valence-corrected chi connectivity index (χ3v) is 16.3. The molecule has 1 aromatic heterocycles. The standard InChI is InChI=1S/C26H37BrO3Si2/c1-25(2,3)31(7,8)29-20-13-11-18(12-14-20)23-16-19-15-21(17-22(27)24(19)28-23)30-32(9,10)26(4,5)6/h11-17H,1-10H3. The Balaban J connectivity index is 1.88. The molecule has 0 spiro atoms. The maximum Gasteiger partial charge on any atom is 0.250 e. The van der Waals surface area contributed by atoms with Gasteiger partial charge in [0.2, 0.25) is 16.6 Å². The molecule has 0 amide bonds. The first-order valence-corrected chi connectivity index (χ1v) is 17.8. The maximum atomic E-state index is 6.51. The predicted octanol–water partition coefficient (Wildman–Crippen LogP) is 9.63. The van der Waals surface area contributed by atoms with E-state index in [2.05, 4.69) is 108 Å². The van der Waals surface area contributed by atoms with Crippen LogP contribution in [0.25, 0.3) is 22.3 Å². The molecule has 0 aliphatic heterocycles. The zero-order valence-corrected chi connectivity index (χ0v) is 24.7. The smallest absolute Gasteiger partial charge is 0.250 e. The van der Waals surface area contributed by atoms with Crippen LogP contribution in [0.1, 0.15) is 41.5 Å². The van der Waals surface area contributed by atoms with Crippen LogP contribution in [-0.4, -0.2) is 16.6 Å². The normalized spacial score (nSPS) is 13.5. The summed E-state index contributed by atoms with van der Waals surface area (Å²) in [5.41, 5.74) is 1.87. The predicted molar refractivity (Wildman–Crippen MR) is 145 cm³/mol. The molecule has 0 N–H and O–H groups in total. The highest BCUT2D eigenvalue weighted by Gasteiger charge is 2.40. The van der Waals surface area contributed by atoms with E-state index >= 15 is 0 Å². The van der Waals surface area contributed by atoms with Crippen molar-refractivity contribution in [2.45, 2.75) is 77.8 Å². The van der Waals surface area contributed by atoms with Crippen molar-refractivity contribution in [2.24, 2.45) is 0 Å². The molecule has 3 aromatic rings. The molecule has 0 saturated carbocycles. The van der Waals surface area contributed by atoms with Gasteiger partial charge in [0.05, 0.1) is 4.47 Å². The summed E-state index contributed by atoms with van der Waals surface area (Å²) in [7, 11) is -3.77. The molecule has 0 fully saturated rings. The minimum Gasteiger partial charge on any atom is -0.544 e. The van der Waals surface area contributed by atoms with Crippen LogP contribution in [0.3, 0.4) is 0 Å². The van der Waals surface area contributed by atoms with Crippen molar-refractivity contribution in [3.05, 3.63) is 46.9 Å². The molecule has 0 unspecified atom stereocenters. The van der Waals surface area contributed by atoms with Crippen LogP contribution in [0.5, 0.6) is 11.5 Å². The van der Waals surface area contributed by atoms with Crippen LogP contribution in [0.2, 0.25) is 36.3 Å². The largest absolute Gasteiger partial charge is 0.544 e. The fourth-order valence-corrected chi connectivity index (χ4v) is 5.45. The lowest BCUT2D eigenvalue weighted by Gasteiger charge is -2.36. The summed E-state index contributed by atoms with van der Waals surface area (Å²) in [4.78, 5) is 0. The summed E-state index contributed by atoms with van der Waals surface area (Å²) < 4.78 is 20.0. The number of halogens is 1. The van der Waals surface area contributed by atoms with Gasteiger partial charge in [-0.3, -0.25) is 0 Å². The van der Waals surface area contributed by atoms with E-state index in [4.69, 9.17) is 13.3 Å². The van der Waals surface area contributed by atoms with E-state index < -0.39 is 16.6 Å². The molecule has 1 heterocycles. The summed E-state index contributed by atoms with van der Waals surface area (Å²) in [6, 6.07) is 14.4. The van der Waals surface area contributed by atoms with E-state index in [0.717, 1.165) is 38.3 Å². The number of hydrogen-bond acceptors (Lipinski definition) is 3. The van der Waals surface area contributed by atoms with Gasteiger partial charge in [-0.2, -0.15) is 0 Å². The average Bonchev–Trinajstić information content (AvgIpc) is 3.04. The Labute approximate surface area is 203 Å². The summed E-state index contributed by atoms with van der Waals surface area (Å²) in [6.45, 7) is 22.6. The Morgan fingerprint density at radius 2 is 1.22 bits per heavy atom. The van der Waals surface area contributed by atoms with Crippen LogP contribution in [0, 0.1) is 0 Å². The average molecular weight is 534 g/mol. The zero-order valence-electron chi connectivity index (χ0n) is 21.1. The van der Waals surface area contributed by atoms with Crippen molar-refractivity contribution in [1.29, 1.82) is 0 Å². The number of benzene rings is 2. The van der Waals surface area contributed by atoms with Gasteiger partial charge in [-0.05, 0) is 94.7 Å². The quantitative estimate of drug-likeness (QED) is 0.306. The highest BCUT2D eigenvalue weighted by atomic mass is 79.9. The molecular weight excluding hydrogens is 496 g/mol. The van der Waals surface area contributed by atoms with E-state index in [1.807, 2.05) is 18.2 Å². The fourth-order valence-electron chi connectivity index (χ4n) is 2.87. The first-order valence-electron chi connectivity index (χ1n) is 11.2. The van der Waals surface area contributed by atoms with Gasteiger partial charge >= 0.3 is 0 Å². The molecule has 3 rings (SSSR count). The number of furan rings is 1. The highest BCUT2D eigenvalue weighted by Crippen LogP contribution is 2.41. The number of rotatable bonds is 5. The summed E-state index contributed by atoms with van der Waals surface area (Å²) in [6.07, 6.45) is 0. The summed E-state index contributed by atoms with van der Waals surface area (Å²) in [5, 5.41) is 1.34. The Hall–Kier alpha value is -1.51. The number of fused-ring (bicyclic) bond motifs is 1. The van der Waals surface area contributed by atoms with Gasteiger partial charge in [0.1, 0.15) is 22.8 Å². The monoisotopic (exact) mass is 532 g/mol. The van der Waals surface area contributed by atoms with Crippen molar-refractivity contribution in [3.8, 4) is 22.8 Å². The minimum absolute atomic E-state index is 0.143. The Kier molecular flexibility index (Phi) is 6.57. The third-order valence-electron chi connectivity index (χ3n) is 7.04. The molecule has 0 aliphatic carbocycles. The van der Waals surface area contributed by atoms with Crippen LogP contribution < -0.4 is 8.85 Å². The van der Waals surface area contributed by atoms with Gasteiger partial charge in [-0.25, -0.2) is 0 Å². The van der Waals surface area contributed by atoms with Gasteiger partial charge in [-0.15, -0.1) is 0 Å². The van der Waals surface area contributed by atoms with Crippen molar-refractivity contribution < 1.29 is 13.3 Å². The first-order chi connectivity index (χ1) is 14.5. The highest BCUT2D eigenvalue weighted by molar-refractivity contribution is 9.10. The van der Waals surface area contributed by atoms with E-state index in [1.54, 1.807) is 0 Å². The lowest BCUT2D eigenvalue weighted by molar-refractivity contribution is 0.492. The molecule has 0 atom stereocenters. The molecule has 174 valence electrons. The molecule has 0 saturated heterocycles. The molecule has 3 nitrogen and oxygen atoms in total. The third kappa shape index (κ3) is 5.18. The molecule has 0 radical (unpaired) electrons. The van der Waals surface area contributed by atoms with Gasteiger partial charge in [0, 0.05) is 10.9 Å². The molecular formula is C26H37BrO3Si2. The molecule has 2 aromatic carbocycles. The Morgan fingerprint density at radius 1 is 0.719 bits per heavy atom. The van der Waals surface area contributed by atoms with Crippen molar-refractivity contribution >= 4 is 43.5 Å². The molecule has 0 aliphatic rings. The topological polar surface area (TPSA) is 31.6 Å². The Morgan fingerprint density at radius 3 is 1.72 bits per heavy atom. The van der Waals surface area contributed by atoms with Crippen LogP contribution in [0.4, 0.5) is 0 Å². The van der Waals surface area contributed by atoms with Crippen molar-refractivity contribution in [1.82, 2.24) is 0 Å². The van der Waals surface area contributed by atoms with Gasteiger partial charge in [0.25, 0.3) is 0 Å². The van der Waals surface area contributed by atoms with Gasteiger partial charge < -0.3 is 13.3 Å². The van der Waals surface area contributed by atoms with Crippen molar-refractivity contribution in [2.75, 3.05) is 0 Å². The second-order valence-electron chi connectivity index (χ2n) is 11.7. The molecule has 0 bridgehead atoms. The first kappa shape index (κ1) is 25.1. The Bertz CT molecular complexity index is 1100. The van der Waals surface area contributed by atoms with Gasteiger partial charge in [-0.1, -0.05) is 41.5 Å². The van der Waals surface area contributed by atoms with E-state index in [0.29, 0.717) is 0 Å². The van der Waals surface area contributed by atoms with E-state index in [1.165, 1.54) is 0 Å². The lowest BCUT2D eigenvalue weighted by Crippen LogP contribution is -2.43. The second-order valence-corrected chi connectivity index (χ2v) is 22.0. The SMILES string of the molecule is CC(C)(C)[Si](C)(C)Oc1ccc(-c2cc3cc(O[Si](C)(C)C(C)(C)C)cc(Br)c3o2)cc1. The molecule has 32 heavy (non-hydrogen) atoms. The maximum absolute atomic E-state index is 6.51. The summed E-state index contributed by atoms with van der Waals surface area (Å²) in [5.74, 6) is 2.65. The zero-order chi connectivity index (χ0) is 24.1. The lowest BCUT2D eigenvalue weighted by atomic mass is 10.1. The van der Waals surface area contributed by atoms with Crippen LogP contribution in [0.15, 0.2) is 51.4 Å². The van der Waals surface area contributed by atoms with Crippen molar-refractivity contribution in [3.63, 3.8) is 0 Å². The van der Waals surface area contributed by atoms with Crippen LogP contribution >= 0.6 is 15.9 Å². The second kappa shape index (κ2) is 8.37.